The molecule has 1 aromatic carbocycles. The lowest BCUT2D eigenvalue weighted by Crippen LogP contribution is -2.49. The van der Waals surface area contributed by atoms with Crippen LogP contribution in [-0.2, 0) is 4.74 Å². The van der Waals surface area contributed by atoms with Gasteiger partial charge in [0.15, 0.2) is 0 Å². The van der Waals surface area contributed by atoms with Gasteiger partial charge >= 0.3 is 0 Å². The minimum Gasteiger partial charge on any atom is -0.370 e. The summed E-state index contributed by atoms with van der Waals surface area (Å²) >= 11 is 1.79. The van der Waals surface area contributed by atoms with Crippen molar-refractivity contribution in [3.63, 3.8) is 0 Å². The molecule has 1 fully saturated rings. The van der Waals surface area contributed by atoms with E-state index in [0.29, 0.717) is 12.2 Å². The quantitative estimate of drug-likeness (QED) is 0.808. The summed E-state index contributed by atoms with van der Waals surface area (Å²) in [7, 11) is 1.86. The first kappa shape index (κ1) is 18.1. The maximum absolute atomic E-state index is 14.2. The van der Waals surface area contributed by atoms with Crippen molar-refractivity contribution in [2.45, 2.75) is 37.5 Å². The Balaban J connectivity index is 1.51. The van der Waals surface area contributed by atoms with E-state index < -0.39 is 17.7 Å². The maximum atomic E-state index is 14.2. The molecule has 0 aromatic heterocycles. The number of ether oxygens (including phenoxy) is 1. The Morgan fingerprint density at radius 2 is 2.00 bits per heavy atom. The fourth-order valence-corrected chi connectivity index (χ4v) is 5.21. The maximum Gasteiger partial charge on any atom is 0.129 e. The van der Waals surface area contributed by atoms with E-state index in [1.165, 1.54) is 23.5 Å². The SMILES string of the molecule is CNC1CC(N2CCC3=C2CCN3SC)CO[C@@H]1c1cc(F)ccc1F. The number of benzene rings is 1. The smallest absolute Gasteiger partial charge is 0.129 e. The Kier molecular flexibility index (Phi) is 5.12. The van der Waals surface area contributed by atoms with Gasteiger partial charge in [-0.1, -0.05) is 11.9 Å². The number of rotatable bonds is 4. The molecule has 3 atom stereocenters. The van der Waals surface area contributed by atoms with Gasteiger partial charge in [0.1, 0.15) is 17.7 Å². The molecule has 26 heavy (non-hydrogen) atoms. The molecule has 0 radical (unpaired) electrons. The topological polar surface area (TPSA) is 27.7 Å². The number of likely N-dealkylation sites (N-methyl/N-ethyl adjacent to an activating group) is 1. The van der Waals surface area contributed by atoms with E-state index in [2.05, 4.69) is 20.8 Å². The molecule has 0 aliphatic carbocycles. The summed E-state index contributed by atoms with van der Waals surface area (Å²) in [6.45, 7) is 2.63. The van der Waals surface area contributed by atoms with Gasteiger partial charge in [0.05, 0.1) is 12.6 Å². The lowest BCUT2D eigenvalue weighted by molar-refractivity contribution is -0.0506. The van der Waals surface area contributed by atoms with Crippen molar-refractivity contribution in [3.8, 4) is 0 Å². The highest BCUT2D eigenvalue weighted by atomic mass is 32.2. The van der Waals surface area contributed by atoms with Gasteiger partial charge in [0.2, 0.25) is 0 Å². The predicted octanol–water partition coefficient (Wildman–Crippen LogP) is 3.28. The molecule has 1 aromatic rings. The molecule has 4 rings (SSSR count). The van der Waals surface area contributed by atoms with Gasteiger partial charge in [0.25, 0.3) is 0 Å². The van der Waals surface area contributed by atoms with Crippen LogP contribution in [0.1, 0.15) is 30.9 Å². The summed E-state index contributed by atoms with van der Waals surface area (Å²) in [5.74, 6) is -0.841. The summed E-state index contributed by atoms with van der Waals surface area (Å²) in [6, 6.07) is 3.81. The van der Waals surface area contributed by atoms with Crippen LogP contribution >= 0.6 is 11.9 Å². The zero-order valence-corrected chi connectivity index (χ0v) is 16.0. The van der Waals surface area contributed by atoms with Crippen LogP contribution in [0.15, 0.2) is 29.6 Å². The summed E-state index contributed by atoms with van der Waals surface area (Å²) < 4.78 is 36.3. The summed E-state index contributed by atoms with van der Waals surface area (Å²) in [5, 5.41) is 3.26. The fraction of sp³-hybridized carbons (Fsp3) is 0.579. The molecule has 0 spiro atoms. The second-order valence-corrected chi connectivity index (χ2v) is 7.88. The Labute approximate surface area is 157 Å². The largest absolute Gasteiger partial charge is 0.370 e. The molecule has 4 nitrogen and oxygen atoms in total. The van der Waals surface area contributed by atoms with Crippen molar-refractivity contribution in [1.82, 2.24) is 14.5 Å². The lowest BCUT2D eigenvalue weighted by Gasteiger charge is -2.41. The molecule has 1 saturated heterocycles. The van der Waals surface area contributed by atoms with Crippen molar-refractivity contribution in [2.75, 3.05) is 33.0 Å². The molecule has 0 amide bonds. The molecule has 2 unspecified atom stereocenters. The first-order chi connectivity index (χ1) is 12.6. The highest BCUT2D eigenvalue weighted by molar-refractivity contribution is 7.96. The van der Waals surface area contributed by atoms with Gasteiger partial charge in [0, 0.05) is 55.2 Å². The average Bonchev–Trinajstić information content (AvgIpc) is 3.25. The highest BCUT2D eigenvalue weighted by Crippen LogP contribution is 2.41. The average molecular weight is 381 g/mol. The molecule has 0 bridgehead atoms. The van der Waals surface area contributed by atoms with Gasteiger partial charge in [-0.3, -0.25) is 0 Å². The van der Waals surface area contributed by atoms with Crippen molar-refractivity contribution in [1.29, 1.82) is 0 Å². The van der Waals surface area contributed by atoms with Gasteiger partial charge in [-0.05, 0) is 31.7 Å². The standard InChI is InChI=1S/C19H25F2N3OS/c1-22-16-10-13(23-7-5-18-17(23)6-8-24(18)26-2)11-25-19(16)14-9-12(20)3-4-15(14)21/h3-4,9,13,16,19,22H,5-8,10-11H2,1-2H3/t13?,16?,19-/m1/s1. The van der Waals surface area contributed by atoms with E-state index in [4.69, 9.17) is 4.74 Å². The Bertz CT molecular complexity index is 714. The Morgan fingerprint density at radius 1 is 1.19 bits per heavy atom. The van der Waals surface area contributed by atoms with Crippen molar-refractivity contribution in [2.24, 2.45) is 0 Å². The van der Waals surface area contributed by atoms with E-state index in [-0.39, 0.29) is 12.1 Å². The predicted molar refractivity (Wildman–Crippen MR) is 99.5 cm³/mol. The molecule has 3 aliphatic heterocycles. The molecular formula is C19H25F2N3OS. The van der Waals surface area contributed by atoms with E-state index in [1.54, 1.807) is 11.9 Å². The molecular weight excluding hydrogens is 356 g/mol. The number of hydrogen-bond acceptors (Lipinski definition) is 5. The number of nitrogens with zero attached hydrogens (tertiary/aromatic N) is 2. The van der Waals surface area contributed by atoms with Crippen LogP contribution in [0.2, 0.25) is 0 Å². The highest BCUT2D eigenvalue weighted by Gasteiger charge is 2.40. The van der Waals surface area contributed by atoms with E-state index in [0.717, 1.165) is 38.4 Å². The van der Waals surface area contributed by atoms with Crippen LogP contribution in [-0.4, -0.2) is 54.3 Å². The molecule has 3 aliphatic rings. The van der Waals surface area contributed by atoms with Crippen LogP contribution in [0.3, 0.4) is 0 Å². The van der Waals surface area contributed by atoms with Crippen molar-refractivity contribution in [3.05, 3.63) is 46.8 Å². The number of nitrogens with one attached hydrogen (secondary N) is 1. The molecule has 1 N–H and O–H groups in total. The first-order valence-corrected chi connectivity index (χ1v) is 10.3. The fourth-order valence-electron chi connectivity index (χ4n) is 4.52. The Hall–Kier alpha value is -1.31. The summed E-state index contributed by atoms with van der Waals surface area (Å²) in [5.41, 5.74) is 3.20. The third-order valence-corrected chi connectivity index (χ3v) is 6.62. The van der Waals surface area contributed by atoms with Crippen LogP contribution in [0.5, 0.6) is 0 Å². The third-order valence-electron chi connectivity index (χ3n) is 5.78. The minimum absolute atomic E-state index is 0.0484. The van der Waals surface area contributed by atoms with Gasteiger partial charge < -0.3 is 19.3 Å². The summed E-state index contributed by atoms with van der Waals surface area (Å²) in [4.78, 5) is 2.48. The van der Waals surface area contributed by atoms with Crippen molar-refractivity contribution < 1.29 is 13.5 Å². The van der Waals surface area contributed by atoms with Gasteiger partial charge in [-0.25, -0.2) is 8.78 Å². The van der Waals surface area contributed by atoms with Gasteiger partial charge in [-0.15, -0.1) is 0 Å². The van der Waals surface area contributed by atoms with Gasteiger partial charge in [-0.2, -0.15) is 0 Å². The third kappa shape index (κ3) is 3.10. The zero-order chi connectivity index (χ0) is 18.3. The minimum atomic E-state index is -0.464. The normalized spacial score (nSPS) is 28.8. The number of halogens is 2. The number of hydrogen-bond donors (Lipinski definition) is 1. The van der Waals surface area contributed by atoms with Crippen LogP contribution in [0, 0.1) is 11.6 Å². The van der Waals surface area contributed by atoms with E-state index in [9.17, 15) is 8.78 Å². The van der Waals surface area contributed by atoms with Crippen molar-refractivity contribution >= 4 is 11.9 Å². The molecule has 3 heterocycles. The monoisotopic (exact) mass is 381 g/mol. The summed E-state index contributed by atoms with van der Waals surface area (Å²) in [6.07, 6.45) is 4.68. The van der Waals surface area contributed by atoms with Crippen LogP contribution in [0.25, 0.3) is 0 Å². The van der Waals surface area contributed by atoms with Crippen LogP contribution in [0.4, 0.5) is 8.78 Å². The molecule has 0 saturated carbocycles. The lowest BCUT2D eigenvalue weighted by atomic mass is 9.92. The Morgan fingerprint density at radius 3 is 2.77 bits per heavy atom. The van der Waals surface area contributed by atoms with E-state index >= 15 is 0 Å². The molecule has 7 heteroatoms. The second kappa shape index (κ2) is 7.37. The zero-order valence-electron chi connectivity index (χ0n) is 15.2. The molecule has 142 valence electrons. The van der Waals surface area contributed by atoms with Crippen LogP contribution < -0.4 is 5.32 Å². The second-order valence-electron chi connectivity index (χ2n) is 7.08. The van der Waals surface area contributed by atoms with E-state index in [1.807, 2.05) is 7.05 Å². The first-order valence-electron chi connectivity index (χ1n) is 9.16.